The second-order valence-electron chi connectivity index (χ2n) is 6.20. The zero-order valence-electron chi connectivity index (χ0n) is 14.2. The van der Waals surface area contributed by atoms with Gasteiger partial charge in [0.05, 0.1) is 6.54 Å². The quantitative estimate of drug-likeness (QED) is 0.581. The summed E-state index contributed by atoms with van der Waals surface area (Å²) >= 11 is 0. The molecule has 5 rings (SSSR count). The molecule has 7 nitrogen and oxygen atoms in total. The van der Waals surface area contributed by atoms with E-state index in [0.717, 1.165) is 16.5 Å². The van der Waals surface area contributed by atoms with Crippen molar-refractivity contribution in [3.63, 3.8) is 0 Å². The summed E-state index contributed by atoms with van der Waals surface area (Å²) in [7, 11) is 0. The van der Waals surface area contributed by atoms with Gasteiger partial charge in [0, 0.05) is 22.5 Å². The minimum absolute atomic E-state index is 0.196. The molecule has 1 amide bonds. The number of carbonyl (C=O) groups is 1. The fraction of sp³-hybridized carbons (Fsp3) is 0.100. The lowest BCUT2D eigenvalue weighted by molar-refractivity contribution is 0.0946. The SMILES string of the molecule is O=C(NCc1cc(-c2ccc3c(c2)OCO3)on1)c1cc2ccccc2[nH]1. The number of aromatic nitrogens is 2. The van der Waals surface area contributed by atoms with Crippen LogP contribution in [0.1, 0.15) is 16.2 Å². The van der Waals surface area contributed by atoms with Crippen LogP contribution < -0.4 is 14.8 Å². The van der Waals surface area contributed by atoms with E-state index in [1.807, 2.05) is 48.5 Å². The van der Waals surface area contributed by atoms with Gasteiger partial charge in [0.1, 0.15) is 11.4 Å². The standard InChI is InChI=1S/C20H15N3O4/c24-20(16-7-12-3-1-2-4-15(12)22-16)21-10-14-9-18(27-23-14)13-5-6-17-19(8-13)26-11-25-17/h1-9,22H,10-11H2,(H,21,24). The lowest BCUT2D eigenvalue weighted by atomic mass is 10.1. The van der Waals surface area contributed by atoms with Gasteiger partial charge < -0.3 is 24.3 Å². The van der Waals surface area contributed by atoms with E-state index in [-0.39, 0.29) is 19.2 Å². The highest BCUT2D eigenvalue weighted by atomic mass is 16.7. The van der Waals surface area contributed by atoms with Gasteiger partial charge in [0.15, 0.2) is 17.3 Å². The smallest absolute Gasteiger partial charge is 0.268 e. The second-order valence-corrected chi connectivity index (χ2v) is 6.20. The van der Waals surface area contributed by atoms with E-state index in [1.54, 1.807) is 6.07 Å². The van der Waals surface area contributed by atoms with Gasteiger partial charge in [-0.3, -0.25) is 4.79 Å². The number of benzene rings is 2. The molecule has 0 saturated carbocycles. The fourth-order valence-electron chi connectivity index (χ4n) is 3.04. The van der Waals surface area contributed by atoms with Crippen molar-refractivity contribution in [3.8, 4) is 22.8 Å². The zero-order valence-corrected chi connectivity index (χ0v) is 14.2. The van der Waals surface area contributed by atoms with Crippen molar-refractivity contribution in [2.24, 2.45) is 0 Å². The van der Waals surface area contributed by atoms with Crippen LogP contribution in [0.15, 0.2) is 59.1 Å². The molecule has 0 saturated heterocycles. The molecule has 134 valence electrons. The van der Waals surface area contributed by atoms with Crippen LogP contribution in [0, 0.1) is 0 Å². The maximum Gasteiger partial charge on any atom is 0.268 e. The average molecular weight is 361 g/mol. The monoisotopic (exact) mass is 361 g/mol. The highest BCUT2D eigenvalue weighted by molar-refractivity contribution is 5.97. The molecule has 0 atom stereocenters. The first-order chi connectivity index (χ1) is 13.3. The molecule has 0 unspecified atom stereocenters. The molecular formula is C20H15N3O4. The van der Waals surface area contributed by atoms with E-state index in [2.05, 4.69) is 15.5 Å². The number of hydrogen-bond donors (Lipinski definition) is 2. The van der Waals surface area contributed by atoms with Crippen LogP contribution in [-0.2, 0) is 6.54 Å². The van der Waals surface area contributed by atoms with Crippen molar-refractivity contribution in [1.82, 2.24) is 15.5 Å². The molecule has 1 aliphatic heterocycles. The van der Waals surface area contributed by atoms with Gasteiger partial charge in [-0.05, 0) is 30.3 Å². The van der Waals surface area contributed by atoms with Crippen molar-refractivity contribution >= 4 is 16.8 Å². The number of ether oxygens (including phenoxy) is 2. The normalized spacial score (nSPS) is 12.4. The number of H-pyrrole nitrogens is 1. The molecule has 0 bridgehead atoms. The summed E-state index contributed by atoms with van der Waals surface area (Å²) in [4.78, 5) is 15.5. The third kappa shape index (κ3) is 2.89. The molecule has 2 N–H and O–H groups in total. The van der Waals surface area contributed by atoms with Crippen molar-refractivity contribution in [1.29, 1.82) is 0 Å². The van der Waals surface area contributed by atoms with Crippen molar-refractivity contribution in [2.45, 2.75) is 6.54 Å². The predicted molar refractivity (Wildman–Crippen MR) is 97.5 cm³/mol. The van der Waals surface area contributed by atoms with E-state index >= 15 is 0 Å². The van der Waals surface area contributed by atoms with Gasteiger partial charge >= 0.3 is 0 Å². The Hall–Kier alpha value is -3.74. The fourth-order valence-corrected chi connectivity index (χ4v) is 3.04. The zero-order chi connectivity index (χ0) is 18.2. The Bertz CT molecular complexity index is 1110. The number of amides is 1. The van der Waals surface area contributed by atoms with Crippen molar-refractivity contribution in [2.75, 3.05) is 6.79 Å². The Balaban J connectivity index is 1.28. The Kier molecular flexibility index (Phi) is 3.57. The first kappa shape index (κ1) is 15.5. The van der Waals surface area contributed by atoms with Crippen LogP contribution >= 0.6 is 0 Å². The molecule has 0 fully saturated rings. The number of para-hydroxylation sites is 1. The molecule has 2 aromatic heterocycles. The molecular weight excluding hydrogens is 346 g/mol. The molecule has 2 aromatic carbocycles. The summed E-state index contributed by atoms with van der Waals surface area (Å²) in [6.45, 7) is 0.489. The number of nitrogens with one attached hydrogen (secondary N) is 2. The van der Waals surface area contributed by atoms with Crippen LogP contribution in [0.4, 0.5) is 0 Å². The van der Waals surface area contributed by atoms with E-state index in [1.165, 1.54) is 0 Å². The summed E-state index contributed by atoms with van der Waals surface area (Å²) in [5, 5.41) is 7.86. The summed E-state index contributed by atoms with van der Waals surface area (Å²) in [5.41, 5.74) is 2.90. The minimum atomic E-state index is -0.196. The van der Waals surface area contributed by atoms with Gasteiger partial charge in [0.2, 0.25) is 6.79 Å². The highest BCUT2D eigenvalue weighted by Gasteiger charge is 2.16. The average Bonchev–Trinajstić information content (AvgIpc) is 3.44. The Labute approximate surface area is 153 Å². The number of carbonyl (C=O) groups excluding carboxylic acids is 1. The maximum absolute atomic E-state index is 12.4. The maximum atomic E-state index is 12.4. The van der Waals surface area contributed by atoms with Gasteiger partial charge in [-0.15, -0.1) is 0 Å². The molecule has 0 spiro atoms. The lowest BCUT2D eigenvalue weighted by Gasteiger charge is -2.00. The van der Waals surface area contributed by atoms with Crippen LogP contribution in [0.2, 0.25) is 0 Å². The molecule has 7 heteroatoms. The van der Waals surface area contributed by atoms with Gasteiger partial charge in [0.25, 0.3) is 5.91 Å². The third-order valence-corrected chi connectivity index (χ3v) is 4.42. The predicted octanol–water partition coefficient (Wildman–Crippen LogP) is 3.48. The van der Waals surface area contributed by atoms with Crippen molar-refractivity contribution in [3.05, 3.63) is 66.0 Å². The topological polar surface area (TPSA) is 89.4 Å². The largest absolute Gasteiger partial charge is 0.454 e. The van der Waals surface area contributed by atoms with Gasteiger partial charge in [-0.25, -0.2) is 0 Å². The third-order valence-electron chi connectivity index (χ3n) is 4.42. The second kappa shape index (κ2) is 6.21. The summed E-state index contributed by atoms with van der Waals surface area (Å²) in [6.07, 6.45) is 0. The first-order valence-electron chi connectivity index (χ1n) is 8.48. The summed E-state index contributed by atoms with van der Waals surface area (Å²) in [5.74, 6) is 1.80. The van der Waals surface area contributed by atoms with E-state index in [0.29, 0.717) is 28.6 Å². The van der Waals surface area contributed by atoms with E-state index < -0.39 is 0 Å². The van der Waals surface area contributed by atoms with E-state index in [9.17, 15) is 4.79 Å². The van der Waals surface area contributed by atoms with Gasteiger partial charge in [-0.2, -0.15) is 0 Å². The van der Waals surface area contributed by atoms with Crippen LogP contribution in [-0.4, -0.2) is 22.8 Å². The lowest BCUT2D eigenvalue weighted by Crippen LogP contribution is -2.23. The molecule has 0 aliphatic carbocycles. The number of nitrogens with zero attached hydrogens (tertiary/aromatic N) is 1. The molecule has 3 heterocycles. The molecule has 27 heavy (non-hydrogen) atoms. The molecule has 0 radical (unpaired) electrons. The molecule has 4 aromatic rings. The van der Waals surface area contributed by atoms with Gasteiger partial charge in [-0.1, -0.05) is 23.4 Å². The Morgan fingerprint density at radius 3 is 2.89 bits per heavy atom. The minimum Gasteiger partial charge on any atom is -0.454 e. The first-order valence-corrected chi connectivity index (χ1v) is 8.48. The summed E-state index contributed by atoms with van der Waals surface area (Å²) in [6, 6.07) is 16.9. The molecule has 1 aliphatic rings. The number of rotatable bonds is 4. The number of hydrogen-bond acceptors (Lipinski definition) is 5. The summed E-state index contributed by atoms with van der Waals surface area (Å²) < 4.78 is 16.1. The van der Waals surface area contributed by atoms with Crippen LogP contribution in [0.5, 0.6) is 11.5 Å². The van der Waals surface area contributed by atoms with E-state index in [4.69, 9.17) is 14.0 Å². The number of aromatic amines is 1. The Morgan fingerprint density at radius 2 is 1.96 bits per heavy atom. The van der Waals surface area contributed by atoms with Crippen molar-refractivity contribution < 1.29 is 18.8 Å². The number of fused-ring (bicyclic) bond motifs is 2. The van der Waals surface area contributed by atoms with Crippen LogP contribution in [0.3, 0.4) is 0 Å². The Morgan fingerprint density at radius 1 is 1.07 bits per heavy atom. The highest BCUT2D eigenvalue weighted by Crippen LogP contribution is 2.36. The van der Waals surface area contributed by atoms with Crippen LogP contribution in [0.25, 0.3) is 22.2 Å².